The van der Waals surface area contributed by atoms with Crippen molar-refractivity contribution in [2.75, 3.05) is 32.6 Å². The Morgan fingerprint density at radius 3 is 2.62 bits per heavy atom. The summed E-state index contributed by atoms with van der Waals surface area (Å²) in [6.07, 6.45) is 2.26. The highest BCUT2D eigenvalue weighted by Gasteiger charge is 2.21. The van der Waals surface area contributed by atoms with E-state index in [0.29, 0.717) is 11.9 Å². The standard InChI is InChI=1S/C17H24N4O3/c1-12-18-17(20-24-12)11-21-6-4-5-13(10-21)19-14-7-15(22-2)9-16(8-14)23-3/h7-9,13,19H,4-6,10-11H2,1-3H3/t13-/m1/s1. The zero-order valence-electron chi connectivity index (χ0n) is 14.4. The molecule has 24 heavy (non-hydrogen) atoms. The summed E-state index contributed by atoms with van der Waals surface area (Å²) in [6, 6.07) is 6.22. The van der Waals surface area contributed by atoms with Crippen LogP contribution in [0.3, 0.4) is 0 Å². The van der Waals surface area contributed by atoms with Crippen LogP contribution in [-0.2, 0) is 6.54 Å². The molecule has 1 aromatic heterocycles. The van der Waals surface area contributed by atoms with Crippen LogP contribution in [0.4, 0.5) is 5.69 Å². The Labute approximate surface area is 141 Å². The number of aromatic nitrogens is 2. The molecule has 130 valence electrons. The molecule has 2 aromatic rings. The molecule has 0 amide bonds. The van der Waals surface area contributed by atoms with Crippen molar-refractivity contribution in [1.82, 2.24) is 15.0 Å². The van der Waals surface area contributed by atoms with Gasteiger partial charge >= 0.3 is 0 Å². The average Bonchev–Trinajstić information content (AvgIpc) is 2.99. The van der Waals surface area contributed by atoms with Crippen LogP contribution in [0, 0.1) is 6.92 Å². The fourth-order valence-corrected chi connectivity index (χ4v) is 3.05. The van der Waals surface area contributed by atoms with Gasteiger partial charge in [0.05, 0.1) is 20.8 Å². The lowest BCUT2D eigenvalue weighted by Crippen LogP contribution is -2.41. The van der Waals surface area contributed by atoms with Gasteiger partial charge in [0.25, 0.3) is 0 Å². The number of benzene rings is 1. The zero-order chi connectivity index (χ0) is 16.9. The van der Waals surface area contributed by atoms with E-state index in [2.05, 4.69) is 20.4 Å². The summed E-state index contributed by atoms with van der Waals surface area (Å²) < 4.78 is 15.7. The highest BCUT2D eigenvalue weighted by Crippen LogP contribution is 2.27. The minimum Gasteiger partial charge on any atom is -0.497 e. The van der Waals surface area contributed by atoms with Crippen molar-refractivity contribution in [2.24, 2.45) is 0 Å². The summed E-state index contributed by atoms with van der Waals surface area (Å²) in [5.41, 5.74) is 1.01. The first-order valence-corrected chi connectivity index (χ1v) is 8.17. The van der Waals surface area contributed by atoms with Gasteiger partial charge < -0.3 is 19.3 Å². The molecule has 1 aliphatic heterocycles. The summed E-state index contributed by atoms with van der Waals surface area (Å²) >= 11 is 0. The lowest BCUT2D eigenvalue weighted by atomic mass is 10.1. The third-order valence-corrected chi connectivity index (χ3v) is 4.16. The number of nitrogens with zero attached hydrogens (tertiary/aromatic N) is 3. The van der Waals surface area contributed by atoms with Crippen molar-refractivity contribution >= 4 is 5.69 Å². The summed E-state index contributed by atoms with van der Waals surface area (Å²) in [4.78, 5) is 6.64. The van der Waals surface area contributed by atoms with E-state index in [1.165, 1.54) is 0 Å². The Morgan fingerprint density at radius 1 is 1.25 bits per heavy atom. The number of hydrogen-bond donors (Lipinski definition) is 1. The van der Waals surface area contributed by atoms with E-state index in [-0.39, 0.29) is 0 Å². The first-order valence-electron chi connectivity index (χ1n) is 8.17. The Morgan fingerprint density at radius 2 is 2.00 bits per heavy atom. The first kappa shape index (κ1) is 16.6. The molecule has 1 saturated heterocycles. The molecule has 1 fully saturated rings. The van der Waals surface area contributed by atoms with Crippen LogP contribution < -0.4 is 14.8 Å². The molecule has 0 bridgehead atoms. The first-order chi connectivity index (χ1) is 11.7. The van der Waals surface area contributed by atoms with Crippen LogP contribution >= 0.6 is 0 Å². The van der Waals surface area contributed by atoms with Crippen molar-refractivity contribution in [1.29, 1.82) is 0 Å². The summed E-state index contributed by atoms with van der Waals surface area (Å²) in [6.45, 7) is 4.52. The molecule has 1 atom stereocenters. The van der Waals surface area contributed by atoms with Crippen molar-refractivity contribution in [2.45, 2.75) is 32.4 Å². The van der Waals surface area contributed by atoms with Crippen LogP contribution in [0.15, 0.2) is 22.7 Å². The van der Waals surface area contributed by atoms with Gasteiger partial charge in [-0.25, -0.2) is 0 Å². The van der Waals surface area contributed by atoms with Gasteiger partial charge in [0.2, 0.25) is 5.89 Å². The van der Waals surface area contributed by atoms with E-state index in [0.717, 1.165) is 55.5 Å². The number of anilines is 1. The normalized spacial score (nSPS) is 18.4. The number of nitrogens with one attached hydrogen (secondary N) is 1. The van der Waals surface area contributed by atoms with Gasteiger partial charge in [-0.2, -0.15) is 4.98 Å². The van der Waals surface area contributed by atoms with E-state index < -0.39 is 0 Å². The molecular formula is C17H24N4O3. The van der Waals surface area contributed by atoms with Gasteiger partial charge in [-0.3, -0.25) is 4.90 Å². The Kier molecular flexibility index (Phi) is 5.20. The van der Waals surface area contributed by atoms with Crippen LogP contribution in [0.5, 0.6) is 11.5 Å². The monoisotopic (exact) mass is 332 g/mol. The van der Waals surface area contributed by atoms with Crippen LogP contribution in [0.2, 0.25) is 0 Å². The van der Waals surface area contributed by atoms with Crippen LogP contribution in [0.25, 0.3) is 0 Å². The number of methoxy groups -OCH3 is 2. The number of piperidine rings is 1. The maximum Gasteiger partial charge on any atom is 0.223 e. The molecule has 3 rings (SSSR count). The third-order valence-electron chi connectivity index (χ3n) is 4.16. The van der Waals surface area contributed by atoms with E-state index in [4.69, 9.17) is 14.0 Å². The quantitative estimate of drug-likeness (QED) is 0.871. The second-order valence-electron chi connectivity index (χ2n) is 6.05. The van der Waals surface area contributed by atoms with Gasteiger partial charge in [-0.05, 0) is 19.4 Å². The van der Waals surface area contributed by atoms with Crippen molar-refractivity contribution in [3.63, 3.8) is 0 Å². The van der Waals surface area contributed by atoms with Crippen molar-refractivity contribution in [3.8, 4) is 11.5 Å². The van der Waals surface area contributed by atoms with Crippen LogP contribution in [-0.4, -0.2) is 48.4 Å². The van der Waals surface area contributed by atoms with Gasteiger partial charge in [0.1, 0.15) is 11.5 Å². The topological polar surface area (TPSA) is 72.7 Å². The van der Waals surface area contributed by atoms with Gasteiger partial charge in [0.15, 0.2) is 5.82 Å². The summed E-state index contributed by atoms with van der Waals surface area (Å²) in [5.74, 6) is 2.93. The Balaban J connectivity index is 1.62. The summed E-state index contributed by atoms with van der Waals surface area (Å²) in [5, 5.41) is 7.57. The number of rotatable bonds is 6. The molecular weight excluding hydrogens is 308 g/mol. The molecule has 0 unspecified atom stereocenters. The fraction of sp³-hybridized carbons (Fsp3) is 0.529. The second kappa shape index (κ2) is 7.53. The number of ether oxygens (including phenoxy) is 2. The molecule has 1 aromatic carbocycles. The van der Waals surface area contributed by atoms with E-state index >= 15 is 0 Å². The fourth-order valence-electron chi connectivity index (χ4n) is 3.05. The van der Waals surface area contributed by atoms with Gasteiger partial charge in [-0.1, -0.05) is 5.16 Å². The zero-order valence-corrected chi connectivity index (χ0v) is 14.4. The molecule has 7 nitrogen and oxygen atoms in total. The Hall–Kier alpha value is -2.28. The minimum absolute atomic E-state index is 0.364. The molecule has 0 spiro atoms. The second-order valence-corrected chi connectivity index (χ2v) is 6.05. The highest BCUT2D eigenvalue weighted by molar-refractivity contribution is 5.54. The number of aryl methyl sites for hydroxylation is 1. The van der Waals surface area contributed by atoms with Crippen molar-refractivity contribution in [3.05, 3.63) is 29.9 Å². The van der Waals surface area contributed by atoms with E-state index in [1.54, 1.807) is 14.2 Å². The molecule has 7 heteroatoms. The van der Waals surface area contributed by atoms with Gasteiger partial charge in [0, 0.05) is 43.4 Å². The SMILES string of the molecule is COc1cc(N[C@@H]2CCCN(Cc3noc(C)n3)C2)cc(OC)c1. The molecule has 1 aliphatic rings. The van der Waals surface area contributed by atoms with E-state index in [9.17, 15) is 0 Å². The largest absolute Gasteiger partial charge is 0.497 e. The van der Waals surface area contributed by atoms with Gasteiger partial charge in [-0.15, -0.1) is 0 Å². The molecule has 1 N–H and O–H groups in total. The third kappa shape index (κ3) is 4.17. The molecule has 2 heterocycles. The summed E-state index contributed by atoms with van der Waals surface area (Å²) in [7, 11) is 3.32. The van der Waals surface area contributed by atoms with Crippen LogP contribution in [0.1, 0.15) is 24.6 Å². The maximum atomic E-state index is 5.33. The van der Waals surface area contributed by atoms with Crippen molar-refractivity contribution < 1.29 is 14.0 Å². The predicted octanol–water partition coefficient (Wildman–Crippen LogP) is 2.47. The van der Waals surface area contributed by atoms with E-state index in [1.807, 2.05) is 25.1 Å². The smallest absolute Gasteiger partial charge is 0.223 e. The maximum absolute atomic E-state index is 5.33. The number of hydrogen-bond acceptors (Lipinski definition) is 7. The lowest BCUT2D eigenvalue weighted by molar-refractivity contribution is 0.201. The Bertz CT molecular complexity index is 651. The average molecular weight is 332 g/mol. The lowest BCUT2D eigenvalue weighted by Gasteiger charge is -2.33. The highest BCUT2D eigenvalue weighted by atomic mass is 16.5. The molecule has 0 saturated carbocycles. The molecule has 0 radical (unpaired) electrons. The number of likely N-dealkylation sites (tertiary alicyclic amines) is 1. The molecule has 0 aliphatic carbocycles. The minimum atomic E-state index is 0.364. The predicted molar refractivity (Wildman–Crippen MR) is 90.5 cm³/mol.